The molecule has 19 heavy (non-hydrogen) atoms. The fourth-order valence-corrected chi connectivity index (χ4v) is 2.79. The Kier molecular flexibility index (Phi) is 4.95. The van der Waals surface area contributed by atoms with E-state index in [0.29, 0.717) is 0 Å². The molecule has 2 aromatic rings. The topological polar surface area (TPSA) is 54.9 Å². The molecule has 98 valence electrons. The Hall–Kier alpha value is -1.37. The van der Waals surface area contributed by atoms with Gasteiger partial charge in [-0.05, 0) is 23.7 Å². The van der Waals surface area contributed by atoms with Gasteiger partial charge < -0.3 is 5.32 Å². The number of carbonyl (C=O) groups is 1. The number of carbonyl (C=O) groups excluding carboxylic acids is 1. The van der Waals surface area contributed by atoms with E-state index >= 15 is 0 Å². The molecule has 4 nitrogen and oxygen atoms in total. The van der Waals surface area contributed by atoms with Gasteiger partial charge in [-0.3, -0.25) is 4.79 Å². The molecule has 0 aliphatic rings. The summed E-state index contributed by atoms with van der Waals surface area (Å²) in [6.45, 7) is 3.68. The van der Waals surface area contributed by atoms with Crippen LogP contribution in [0.25, 0.3) is 0 Å². The minimum atomic E-state index is -0.309. The summed E-state index contributed by atoms with van der Waals surface area (Å²) in [5, 5.41) is 10.4. The first-order valence-electron chi connectivity index (χ1n) is 5.34. The molecule has 0 saturated heterocycles. The van der Waals surface area contributed by atoms with E-state index in [1.54, 1.807) is 11.8 Å². The Bertz CT molecular complexity index is 600. The molecule has 1 heterocycles. The van der Waals surface area contributed by atoms with Crippen LogP contribution in [0.4, 0.5) is 5.69 Å². The summed E-state index contributed by atoms with van der Waals surface area (Å²) < 4.78 is 0.250. The third kappa shape index (κ3) is 3.79. The lowest BCUT2D eigenvalue weighted by Crippen LogP contribution is -2.12. The van der Waals surface area contributed by atoms with Crippen molar-refractivity contribution >= 4 is 46.3 Å². The number of nitrogens with zero attached hydrogens (tertiary/aromatic N) is 2. The Morgan fingerprint density at radius 1 is 1.47 bits per heavy atom. The average molecular weight is 312 g/mol. The minimum Gasteiger partial charge on any atom is -0.319 e. The van der Waals surface area contributed by atoms with Crippen LogP contribution < -0.4 is 5.32 Å². The highest BCUT2D eigenvalue weighted by atomic mass is 35.5. The average Bonchev–Trinajstić information content (AvgIpc) is 2.84. The fourth-order valence-electron chi connectivity index (χ4n) is 1.32. The molecule has 0 fully saturated rings. The summed E-state index contributed by atoms with van der Waals surface area (Å²) in [4.78, 5) is 12.9. The van der Waals surface area contributed by atoms with E-state index in [0.717, 1.165) is 27.7 Å². The van der Waals surface area contributed by atoms with Gasteiger partial charge in [-0.1, -0.05) is 29.5 Å². The summed E-state index contributed by atoms with van der Waals surface area (Å²) in [5.74, 6) is 0.466. The van der Waals surface area contributed by atoms with E-state index in [4.69, 9.17) is 11.6 Å². The molecule has 1 amide bonds. The van der Waals surface area contributed by atoms with Crippen molar-refractivity contribution in [1.29, 1.82) is 0 Å². The normalized spacial score (nSPS) is 10.2. The van der Waals surface area contributed by atoms with Crippen LogP contribution in [0, 0.1) is 0 Å². The second-order valence-corrected chi connectivity index (χ2v) is 6.03. The molecule has 0 radical (unpaired) electrons. The second kappa shape index (κ2) is 6.70. The number of halogens is 1. The number of nitrogens with one attached hydrogen (secondary N) is 1. The first kappa shape index (κ1) is 14.0. The first-order chi connectivity index (χ1) is 9.20. The lowest BCUT2D eigenvalue weighted by Gasteiger charge is -2.08. The lowest BCUT2D eigenvalue weighted by molar-refractivity contribution is 0.102. The van der Waals surface area contributed by atoms with Crippen LogP contribution >= 0.6 is 34.7 Å². The van der Waals surface area contributed by atoms with Gasteiger partial charge in [0.25, 0.3) is 5.91 Å². The van der Waals surface area contributed by atoms with Crippen molar-refractivity contribution in [2.24, 2.45) is 0 Å². The number of benzene rings is 1. The van der Waals surface area contributed by atoms with Crippen LogP contribution in [0.3, 0.4) is 0 Å². The smallest absolute Gasteiger partial charge is 0.286 e. The van der Waals surface area contributed by atoms with E-state index in [1.165, 1.54) is 0 Å². The second-order valence-electron chi connectivity index (χ2n) is 3.41. The van der Waals surface area contributed by atoms with Crippen LogP contribution in [-0.2, 0) is 0 Å². The molecule has 0 saturated carbocycles. The number of thioether (sulfide) groups is 1. The molecule has 0 aliphatic carbocycles. The molecule has 1 N–H and O–H groups in total. The van der Waals surface area contributed by atoms with E-state index in [-0.39, 0.29) is 15.4 Å². The van der Waals surface area contributed by atoms with Gasteiger partial charge in [0, 0.05) is 10.6 Å². The summed E-state index contributed by atoms with van der Waals surface area (Å²) in [7, 11) is 0. The van der Waals surface area contributed by atoms with Crippen molar-refractivity contribution in [3.05, 3.63) is 46.4 Å². The quantitative estimate of drug-likeness (QED) is 0.675. The van der Waals surface area contributed by atoms with Gasteiger partial charge in [-0.15, -0.1) is 28.5 Å². The zero-order valence-corrected chi connectivity index (χ0v) is 12.2. The highest BCUT2D eigenvalue weighted by Gasteiger charge is 2.13. The van der Waals surface area contributed by atoms with Crippen LogP contribution in [0.1, 0.15) is 9.80 Å². The van der Waals surface area contributed by atoms with Crippen LogP contribution in [-0.4, -0.2) is 21.9 Å². The number of amides is 1. The van der Waals surface area contributed by atoms with Gasteiger partial charge in [0.1, 0.15) is 0 Å². The summed E-state index contributed by atoms with van der Waals surface area (Å²) >= 11 is 8.30. The van der Waals surface area contributed by atoms with Gasteiger partial charge in [0.2, 0.25) is 9.47 Å². The summed E-state index contributed by atoms with van der Waals surface area (Å²) in [6, 6.07) is 7.56. The molecular weight excluding hydrogens is 302 g/mol. The van der Waals surface area contributed by atoms with Crippen molar-refractivity contribution in [3.8, 4) is 0 Å². The SMILES string of the molecule is C=CCSc1ccccc1NC(=O)c1nnc(Cl)s1. The van der Waals surface area contributed by atoms with Crippen molar-refractivity contribution in [2.75, 3.05) is 11.1 Å². The number of hydrogen-bond acceptors (Lipinski definition) is 5. The van der Waals surface area contributed by atoms with Crippen LogP contribution in [0.2, 0.25) is 4.47 Å². The maximum atomic E-state index is 12.0. The van der Waals surface area contributed by atoms with Gasteiger partial charge >= 0.3 is 0 Å². The molecule has 0 spiro atoms. The number of anilines is 1. The number of rotatable bonds is 5. The standard InChI is InChI=1S/C12H10ClN3OS2/c1-2-7-18-9-6-4-3-5-8(9)14-10(17)11-15-16-12(13)19-11/h2-6H,1,7H2,(H,14,17). The van der Waals surface area contributed by atoms with E-state index in [2.05, 4.69) is 22.1 Å². The van der Waals surface area contributed by atoms with Crippen molar-refractivity contribution in [2.45, 2.75) is 4.90 Å². The summed E-state index contributed by atoms with van der Waals surface area (Å²) in [6.07, 6.45) is 1.81. The van der Waals surface area contributed by atoms with Crippen molar-refractivity contribution in [1.82, 2.24) is 10.2 Å². The molecule has 0 bridgehead atoms. The Labute approximate surface area is 123 Å². The van der Waals surface area contributed by atoms with Gasteiger partial charge in [-0.2, -0.15) is 0 Å². The Balaban J connectivity index is 2.14. The van der Waals surface area contributed by atoms with Gasteiger partial charge in [0.05, 0.1) is 5.69 Å². The largest absolute Gasteiger partial charge is 0.319 e. The fraction of sp³-hybridized carbons (Fsp3) is 0.0833. The number of hydrogen-bond donors (Lipinski definition) is 1. The first-order valence-corrected chi connectivity index (χ1v) is 7.52. The predicted molar refractivity (Wildman–Crippen MR) is 80.2 cm³/mol. The molecule has 2 rings (SSSR count). The maximum Gasteiger partial charge on any atom is 0.286 e. The minimum absolute atomic E-state index is 0.244. The van der Waals surface area contributed by atoms with E-state index < -0.39 is 0 Å². The molecule has 0 aliphatic heterocycles. The van der Waals surface area contributed by atoms with E-state index in [1.807, 2.05) is 30.3 Å². The van der Waals surface area contributed by atoms with Gasteiger partial charge in [0.15, 0.2) is 0 Å². The van der Waals surface area contributed by atoms with Crippen LogP contribution in [0.15, 0.2) is 41.8 Å². The zero-order valence-electron chi connectivity index (χ0n) is 9.80. The third-order valence-electron chi connectivity index (χ3n) is 2.09. The molecule has 1 aromatic carbocycles. The third-order valence-corrected chi connectivity index (χ3v) is 4.17. The Morgan fingerprint density at radius 2 is 2.26 bits per heavy atom. The summed E-state index contributed by atoms with van der Waals surface area (Å²) in [5.41, 5.74) is 0.741. The molecular formula is C12H10ClN3OS2. The number of para-hydroxylation sites is 1. The monoisotopic (exact) mass is 311 g/mol. The number of aromatic nitrogens is 2. The van der Waals surface area contributed by atoms with Gasteiger partial charge in [-0.25, -0.2) is 0 Å². The van der Waals surface area contributed by atoms with Crippen molar-refractivity contribution in [3.63, 3.8) is 0 Å². The molecule has 0 atom stereocenters. The van der Waals surface area contributed by atoms with Crippen LogP contribution in [0.5, 0.6) is 0 Å². The molecule has 1 aromatic heterocycles. The molecule has 0 unspecified atom stereocenters. The highest BCUT2D eigenvalue weighted by molar-refractivity contribution is 7.99. The van der Waals surface area contributed by atoms with E-state index in [9.17, 15) is 4.79 Å². The molecule has 7 heteroatoms. The highest BCUT2D eigenvalue weighted by Crippen LogP contribution is 2.27. The van der Waals surface area contributed by atoms with Crippen molar-refractivity contribution < 1.29 is 4.79 Å². The Morgan fingerprint density at radius 3 is 2.95 bits per heavy atom. The zero-order chi connectivity index (χ0) is 13.7. The predicted octanol–water partition coefficient (Wildman–Crippen LogP) is 3.72. The lowest BCUT2D eigenvalue weighted by atomic mass is 10.3. The maximum absolute atomic E-state index is 12.0.